The summed E-state index contributed by atoms with van der Waals surface area (Å²) < 4.78 is 4.65. The molecule has 23 heavy (non-hydrogen) atoms. The second-order valence-electron chi connectivity index (χ2n) is 6.06. The largest absolute Gasteiger partial charge is 0.468 e. The molecule has 2 rings (SSSR count). The predicted octanol–water partition coefficient (Wildman–Crippen LogP) is 2.74. The number of carbonyl (C=O) groups is 2. The van der Waals surface area contributed by atoms with E-state index in [9.17, 15) is 9.59 Å². The number of carbonyl (C=O) groups excluding carboxylic acids is 2. The predicted molar refractivity (Wildman–Crippen MR) is 93.7 cm³/mol. The zero-order valence-electron chi connectivity index (χ0n) is 14.1. The SMILES string of the molecule is COC(=O)CS[C@H]1CCN(C(=O)CCc2ccc(C)c(C)c2)C1. The molecule has 1 aliphatic heterocycles. The molecule has 0 spiro atoms. The van der Waals surface area contributed by atoms with E-state index in [2.05, 4.69) is 36.8 Å². The van der Waals surface area contributed by atoms with Gasteiger partial charge in [0.25, 0.3) is 0 Å². The van der Waals surface area contributed by atoms with Gasteiger partial charge in [0.1, 0.15) is 0 Å². The molecule has 0 radical (unpaired) electrons. The molecule has 1 saturated heterocycles. The van der Waals surface area contributed by atoms with Crippen LogP contribution in [0.3, 0.4) is 0 Å². The fourth-order valence-corrected chi connectivity index (χ4v) is 3.75. The highest BCUT2D eigenvalue weighted by Gasteiger charge is 2.26. The Morgan fingerprint density at radius 1 is 1.30 bits per heavy atom. The minimum Gasteiger partial charge on any atom is -0.468 e. The van der Waals surface area contributed by atoms with E-state index in [1.54, 1.807) is 11.8 Å². The van der Waals surface area contributed by atoms with E-state index in [4.69, 9.17) is 0 Å². The van der Waals surface area contributed by atoms with Crippen molar-refractivity contribution in [3.63, 3.8) is 0 Å². The number of rotatable bonds is 6. The van der Waals surface area contributed by atoms with Crippen LogP contribution >= 0.6 is 11.8 Å². The number of likely N-dealkylation sites (tertiary alicyclic amines) is 1. The molecular formula is C18H25NO3S. The molecule has 4 nitrogen and oxygen atoms in total. The topological polar surface area (TPSA) is 46.6 Å². The Labute approximate surface area is 142 Å². The number of ether oxygens (including phenoxy) is 1. The van der Waals surface area contributed by atoms with Crippen molar-refractivity contribution < 1.29 is 14.3 Å². The third kappa shape index (κ3) is 5.27. The summed E-state index contributed by atoms with van der Waals surface area (Å²) in [5.41, 5.74) is 3.78. The fourth-order valence-electron chi connectivity index (χ4n) is 2.70. The van der Waals surface area contributed by atoms with Crippen LogP contribution in [0.4, 0.5) is 0 Å². The number of nitrogens with zero attached hydrogens (tertiary/aromatic N) is 1. The molecule has 5 heteroatoms. The van der Waals surface area contributed by atoms with E-state index in [0.29, 0.717) is 17.4 Å². The van der Waals surface area contributed by atoms with Gasteiger partial charge in [-0.3, -0.25) is 9.59 Å². The minimum absolute atomic E-state index is 0.200. The van der Waals surface area contributed by atoms with E-state index in [-0.39, 0.29) is 11.9 Å². The van der Waals surface area contributed by atoms with Crippen LogP contribution in [-0.4, -0.2) is 48.0 Å². The lowest BCUT2D eigenvalue weighted by Gasteiger charge is -2.16. The van der Waals surface area contributed by atoms with Crippen LogP contribution in [0, 0.1) is 13.8 Å². The first kappa shape index (κ1) is 17.9. The van der Waals surface area contributed by atoms with Crippen LogP contribution in [0.25, 0.3) is 0 Å². The molecule has 1 aromatic rings. The van der Waals surface area contributed by atoms with E-state index in [0.717, 1.165) is 25.9 Å². The summed E-state index contributed by atoms with van der Waals surface area (Å²) in [6.07, 6.45) is 2.30. The molecule has 0 aliphatic carbocycles. The highest BCUT2D eigenvalue weighted by atomic mass is 32.2. The summed E-state index contributed by atoms with van der Waals surface area (Å²) in [6, 6.07) is 6.39. The molecule has 1 heterocycles. The van der Waals surface area contributed by atoms with E-state index >= 15 is 0 Å². The number of amides is 1. The first-order valence-electron chi connectivity index (χ1n) is 8.02. The zero-order chi connectivity index (χ0) is 16.8. The van der Waals surface area contributed by atoms with E-state index in [1.807, 2.05) is 4.90 Å². The molecule has 126 valence electrons. The number of benzene rings is 1. The second kappa shape index (κ2) is 8.39. The van der Waals surface area contributed by atoms with Crippen LogP contribution in [0.2, 0.25) is 0 Å². The Morgan fingerprint density at radius 2 is 2.09 bits per heavy atom. The molecule has 0 bridgehead atoms. The van der Waals surface area contributed by atoms with Gasteiger partial charge in [-0.2, -0.15) is 0 Å². The Balaban J connectivity index is 1.76. The van der Waals surface area contributed by atoms with Crippen LogP contribution < -0.4 is 0 Å². The maximum absolute atomic E-state index is 12.3. The van der Waals surface area contributed by atoms with Crippen molar-refractivity contribution in [2.75, 3.05) is 26.0 Å². The number of aryl methyl sites for hydroxylation is 3. The summed E-state index contributed by atoms with van der Waals surface area (Å²) in [5.74, 6) is 0.380. The van der Waals surface area contributed by atoms with Gasteiger partial charge >= 0.3 is 5.97 Å². The average molecular weight is 335 g/mol. The van der Waals surface area contributed by atoms with Gasteiger partial charge in [-0.15, -0.1) is 11.8 Å². The molecule has 1 fully saturated rings. The van der Waals surface area contributed by atoms with Gasteiger partial charge in [-0.05, 0) is 43.4 Å². The zero-order valence-corrected chi connectivity index (χ0v) is 14.9. The number of thioether (sulfide) groups is 1. The highest BCUT2D eigenvalue weighted by molar-refractivity contribution is 8.00. The third-order valence-corrected chi connectivity index (χ3v) is 5.62. The molecule has 0 saturated carbocycles. The minimum atomic E-state index is -0.200. The molecule has 0 N–H and O–H groups in total. The first-order valence-corrected chi connectivity index (χ1v) is 9.07. The van der Waals surface area contributed by atoms with Crippen molar-refractivity contribution in [1.82, 2.24) is 4.90 Å². The molecule has 0 aromatic heterocycles. The lowest BCUT2D eigenvalue weighted by molar-refractivity contribution is -0.137. The molecule has 1 aromatic carbocycles. The summed E-state index contributed by atoms with van der Waals surface area (Å²) in [6.45, 7) is 5.74. The molecule has 1 atom stereocenters. The number of methoxy groups -OCH3 is 1. The molecule has 1 aliphatic rings. The van der Waals surface area contributed by atoms with E-state index in [1.165, 1.54) is 23.8 Å². The lowest BCUT2D eigenvalue weighted by atomic mass is 10.0. The summed E-state index contributed by atoms with van der Waals surface area (Å²) in [7, 11) is 1.40. The highest BCUT2D eigenvalue weighted by Crippen LogP contribution is 2.23. The normalized spacial score (nSPS) is 17.3. The van der Waals surface area contributed by atoms with Gasteiger partial charge in [-0.1, -0.05) is 18.2 Å². The first-order chi connectivity index (χ1) is 11.0. The average Bonchev–Trinajstić information content (AvgIpc) is 3.02. The fraction of sp³-hybridized carbons (Fsp3) is 0.556. The van der Waals surface area contributed by atoms with Crippen LogP contribution in [0.1, 0.15) is 29.5 Å². The Hall–Kier alpha value is -1.49. The molecular weight excluding hydrogens is 310 g/mol. The number of hydrogen-bond donors (Lipinski definition) is 0. The monoisotopic (exact) mass is 335 g/mol. The van der Waals surface area contributed by atoms with Gasteiger partial charge in [-0.25, -0.2) is 0 Å². The van der Waals surface area contributed by atoms with Crippen LogP contribution in [-0.2, 0) is 20.7 Å². The lowest BCUT2D eigenvalue weighted by Crippen LogP contribution is -2.29. The second-order valence-corrected chi connectivity index (χ2v) is 7.34. The van der Waals surface area contributed by atoms with Crippen molar-refractivity contribution in [1.29, 1.82) is 0 Å². The van der Waals surface area contributed by atoms with Crippen molar-refractivity contribution in [3.05, 3.63) is 34.9 Å². The summed E-state index contributed by atoms with van der Waals surface area (Å²) >= 11 is 1.59. The van der Waals surface area contributed by atoms with Crippen LogP contribution in [0.15, 0.2) is 18.2 Å². The van der Waals surface area contributed by atoms with Gasteiger partial charge in [0, 0.05) is 24.8 Å². The quantitative estimate of drug-likeness (QED) is 0.750. The van der Waals surface area contributed by atoms with E-state index < -0.39 is 0 Å². The van der Waals surface area contributed by atoms with Gasteiger partial charge in [0.05, 0.1) is 12.9 Å². The van der Waals surface area contributed by atoms with Gasteiger partial charge in [0.15, 0.2) is 0 Å². The Bertz CT molecular complexity index is 573. The van der Waals surface area contributed by atoms with Crippen molar-refractivity contribution in [3.8, 4) is 0 Å². The maximum Gasteiger partial charge on any atom is 0.315 e. The molecule has 1 amide bonds. The standard InChI is InChI=1S/C18H25NO3S/c1-13-4-5-15(10-14(13)2)6-7-17(20)19-9-8-16(11-19)23-12-18(21)22-3/h4-5,10,16H,6-9,11-12H2,1-3H3/t16-/m0/s1. The number of esters is 1. The van der Waals surface area contributed by atoms with Crippen LogP contribution in [0.5, 0.6) is 0 Å². The van der Waals surface area contributed by atoms with Gasteiger partial charge < -0.3 is 9.64 Å². The third-order valence-electron chi connectivity index (χ3n) is 4.36. The molecule has 0 unspecified atom stereocenters. The Kier molecular flexibility index (Phi) is 6.51. The maximum atomic E-state index is 12.3. The smallest absolute Gasteiger partial charge is 0.315 e. The Morgan fingerprint density at radius 3 is 2.78 bits per heavy atom. The number of hydrogen-bond acceptors (Lipinski definition) is 4. The van der Waals surface area contributed by atoms with Crippen molar-refractivity contribution in [2.24, 2.45) is 0 Å². The van der Waals surface area contributed by atoms with Crippen molar-refractivity contribution in [2.45, 2.75) is 38.4 Å². The van der Waals surface area contributed by atoms with Gasteiger partial charge in [0.2, 0.25) is 5.91 Å². The summed E-state index contributed by atoms with van der Waals surface area (Å²) in [5, 5.41) is 0.347. The summed E-state index contributed by atoms with van der Waals surface area (Å²) in [4.78, 5) is 25.4. The van der Waals surface area contributed by atoms with Crippen molar-refractivity contribution >= 4 is 23.6 Å².